The van der Waals surface area contributed by atoms with Gasteiger partial charge in [0.15, 0.2) is 0 Å². The Bertz CT molecular complexity index is 447. The fourth-order valence-electron chi connectivity index (χ4n) is 2.20. The molecule has 0 radical (unpaired) electrons. The Kier molecular flexibility index (Phi) is 7.34. The average molecular weight is 319 g/mol. The van der Waals surface area contributed by atoms with Crippen molar-refractivity contribution >= 4 is 30.1 Å². The first-order chi connectivity index (χ1) is 9.16. The van der Waals surface area contributed by atoms with Gasteiger partial charge in [0.1, 0.15) is 5.82 Å². The van der Waals surface area contributed by atoms with Gasteiger partial charge in [0.2, 0.25) is 5.91 Å². The van der Waals surface area contributed by atoms with E-state index in [2.05, 4.69) is 0 Å². The number of halogens is 2. The van der Waals surface area contributed by atoms with Crippen LogP contribution < -0.4 is 5.73 Å². The summed E-state index contributed by atoms with van der Waals surface area (Å²) < 4.78 is 13.4. The maximum absolute atomic E-state index is 13.4. The molecule has 1 heterocycles. The molecule has 1 aromatic carbocycles. The highest BCUT2D eigenvalue weighted by Gasteiger charge is 2.20. The zero-order valence-electron chi connectivity index (χ0n) is 11.3. The minimum Gasteiger partial charge on any atom is -0.341 e. The highest BCUT2D eigenvalue weighted by Crippen LogP contribution is 2.22. The number of likely N-dealkylation sites (tertiary alicyclic amines) is 1. The van der Waals surface area contributed by atoms with E-state index >= 15 is 0 Å². The standard InChI is InChI=1S/C14H19FN2OS.ClH/c15-12-5-1-2-6-13(12)19-9-7-14(18)17-8-3-4-11(16)10-17;/h1-2,5-6,11H,3-4,7-10,16H2;1H. The van der Waals surface area contributed by atoms with Crippen LogP contribution in [0.5, 0.6) is 0 Å². The van der Waals surface area contributed by atoms with E-state index < -0.39 is 0 Å². The van der Waals surface area contributed by atoms with Crippen LogP contribution >= 0.6 is 24.2 Å². The van der Waals surface area contributed by atoms with E-state index in [1.54, 1.807) is 18.2 Å². The fourth-order valence-corrected chi connectivity index (χ4v) is 3.08. The summed E-state index contributed by atoms with van der Waals surface area (Å²) in [6.07, 6.45) is 2.41. The van der Waals surface area contributed by atoms with Crippen LogP contribution in [0.25, 0.3) is 0 Å². The average Bonchev–Trinajstić information content (AvgIpc) is 2.41. The smallest absolute Gasteiger partial charge is 0.223 e. The molecule has 1 aliphatic heterocycles. The van der Waals surface area contributed by atoms with E-state index in [1.807, 2.05) is 4.90 Å². The second kappa shape index (κ2) is 8.49. The lowest BCUT2D eigenvalue weighted by Crippen LogP contribution is -2.45. The van der Waals surface area contributed by atoms with Gasteiger partial charge in [-0.3, -0.25) is 4.79 Å². The fraction of sp³-hybridized carbons (Fsp3) is 0.500. The zero-order valence-corrected chi connectivity index (χ0v) is 12.9. The minimum absolute atomic E-state index is 0. The predicted octanol–water partition coefficient (Wildman–Crippen LogP) is 2.68. The van der Waals surface area contributed by atoms with Crippen molar-refractivity contribution in [2.75, 3.05) is 18.8 Å². The lowest BCUT2D eigenvalue weighted by atomic mass is 10.1. The lowest BCUT2D eigenvalue weighted by Gasteiger charge is -2.30. The van der Waals surface area contributed by atoms with Gasteiger partial charge in [-0.1, -0.05) is 12.1 Å². The third-order valence-corrected chi connectivity index (χ3v) is 4.27. The maximum atomic E-state index is 13.4. The van der Waals surface area contributed by atoms with Crippen LogP contribution in [0, 0.1) is 5.82 Å². The van der Waals surface area contributed by atoms with E-state index in [0.717, 1.165) is 19.4 Å². The molecule has 6 heteroatoms. The molecule has 0 spiro atoms. The third kappa shape index (κ3) is 4.96. The number of nitrogens with two attached hydrogens (primary N) is 1. The predicted molar refractivity (Wildman–Crippen MR) is 82.8 cm³/mol. The summed E-state index contributed by atoms with van der Waals surface area (Å²) in [6, 6.07) is 6.75. The molecular weight excluding hydrogens is 299 g/mol. The number of piperidine rings is 1. The zero-order chi connectivity index (χ0) is 13.7. The van der Waals surface area contributed by atoms with Gasteiger partial charge in [-0.15, -0.1) is 24.2 Å². The van der Waals surface area contributed by atoms with Gasteiger partial charge in [0, 0.05) is 36.2 Å². The molecule has 20 heavy (non-hydrogen) atoms. The van der Waals surface area contributed by atoms with Gasteiger partial charge in [-0.2, -0.15) is 0 Å². The third-order valence-electron chi connectivity index (χ3n) is 3.22. The second-order valence-corrected chi connectivity index (χ2v) is 5.91. The topological polar surface area (TPSA) is 46.3 Å². The Morgan fingerprint density at radius 3 is 2.90 bits per heavy atom. The monoisotopic (exact) mass is 318 g/mol. The van der Waals surface area contributed by atoms with Crippen molar-refractivity contribution in [3.8, 4) is 0 Å². The number of thioether (sulfide) groups is 1. The van der Waals surface area contributed by atoms with Gasteiger partial charge in [0.05, 0.1) is 0 Å². The largest absolute Gasteiger partial charge is 0.341 e. The summed E-state index contributed by atoms with van der Waals surface area (Å²) in [7, 11) is 0. The molecule has 1 amide bonds. The Morgan fingerprint density at radius 2 is 2.20 bits per heavy atom. The second-order valence-electron chi connectivity index (χ2n) is 4.77. The number of hydrogen-bond acceptors (Lipinski definition) is 3. The van der Waals surface area contributed by atoms with Crippen LogP contribution in [0.15, 0.2) is 29.2 Å². The van der Waals surface area contributed by atoms with Crippen molar-refractivity contribution in [3.63, 3.8) is 0 Å². The van der Waals surface area contributed by atoms with Gasteiger partial charge < -0.3 is 10.6 Å². The first kappa shape index (κ1) is 17.3. The first-order valence-corrected chi connectivity index (χ1v) is 7.56. The first-order valence-electron chi connectivity index (χ1n) is 6.57. The van der Waals surface area contributed by atoms with Crippen molar-refractivity contribution in [2.45, 2.75) is 30.2 Å². The number of carbonyl (C=O) groups excluding carboxylic acids is 1. The van der Waals surface area contributed by atoms with Crippen LogP contribution in [-0.2, 0) is 4.79 Å². The Labute approximate surface area is 129 Å². The van der Waals surface area contributed by atoms with Crippen LogP contribution in [0.1, 0.15) is 19.3 Å². The molecule has 1 fully saturated rings. The molecule has 0 bridgehead atoms. The molecule has 0 saturated carbocycles. The molecule has 2 N–H and O–H groups in total. The van der Waals surface area contributed by atoms with Crippen LogP contribution in [-0.4, -0.2) is 35.7 Å². The molecule has 1 aromatic rings. The lowest BCUT2D eigenvalue weighted by molar-refractivity contribution is -0.131. The van der Waals surface area contributed by atoms with Crippen molar-refractivity contribution in [1.82, 2.24) is 4.90 Å². The summed E-state index contributed by atoms with van der Waals surface area (Å²) in [5.74, 6) is 0.504. The Balaban J connectivity index is 0.00000200. The SMILES string of the molecule is Cl.NC1CCCN(C(=O)CCSc2ccccc2F)C1. The van der Waals surface area contributed by atoms with E-state index in [1.165, 1.54) is 17.8 Å². The Hall–Kier alpha value is -0.780. The minimum atomic E-state index is -0.222. The maximum Gasteiger partial charge on any atom is 0.223 e. The summed E-state index contributed by atoms with van der Waals surface area (Å²) in [5, 5.41) is 0. The molecular formula is C14H20ClFN2OS. The molecule has 0 aromatic heterocycles. The van der Waals surface area contributed by atoms with E-state index in [0.29, 0.717) is 23.6 Å². The number of benzene rings is 1. The molecule has 0 aliphatic carbocycles. The summed E-state index contributed by atoms with van der Waals surface area (Å²) in [5.41, 5.74) is 5.85. The molecule has 1 atom stereocenters. The number of nitrogens with zero attached hydrogens (tertiary/aromatic N) is 1. The van der Waals surface area contributed by atoms with E-state index in [-0.39, 0.29) is 30.2 Å². The number of hydrogen-bond donors (Lipinski definition) is 1. The summed E-state index contributed by atoms with van der Waals surface area (Å²) in [6.45, 7) is 1.46. The van der Waals surface area contributed by atoms with E-state index in [9.17, 15) is 9.18 Å². The van der Waals surface area contributed by atoms with Crippen LogP contribution in [0.2, 0.25) is 0 Å². The number of amides is 1. The van der Waals surface area contributed by atoms with Crippen LogP contribution in [0.3, 0.4) is 0 Å². The van der Waals surface area contributed by atoms with Gasteiger partial charge in [-0.05, 0) is 25.0 Å². The molecule has 2 rings (SSSR count). The molecule has 3 nitrogen and oxygen atoms in total. The number of rotatable bonds is 4. The van der Waals surface area contributed by atoms with E-state index in [4.69, 9.17) is 5.73 Å². The van der Waals surface area contributed by atoms with Gasteiger partial charge in [0.25, 0.3) is 0 Å². The Morgan fingerprint density at radius 1 is 1.45 bits per heavy atom. The van der Waals surface area contributed by atoms with Gasteiger partial charge >= 0.3 is 0 Å². The van der Waals surface area contributed by atoms with Gasteiger partial charge in [-0.25, -0.2) is 4.39 Å². The summed E-state index contributed by atoms with van der Waals surface area (Å²) in [4.78, 5) is 14.4. The number of carbonyl (C=O) groups is 1. The molecule has 112 valence electrons. The highest BCUT2D eigenvalue weighted by atomic mass is 35.5. The summed E-state index contributed by atoms with van der Waals surface area (Å²) >= 11 is 1.39. The van der Waals surface area contributed by atoms with Crippen molar-refractivity contribution in [1.29, 1.82) is 0 Å². The van der Waals surface area contributed by atoms with Crippen molar-refractivity contribution in [3.05, 3.63) is 30.1 Å². The molecule has 1 saturated heterocycles. The van der Waals surface area contributed by atoms with Crippen molar-refractivity contribution in [2.24, 2.45) is 5.73 Å². The normalized spacial score (nSPS) is 18.5. The molecule has 1 aliphatic rings. The molecule has 1 unspecified atom stereocenters. The quantitative estimate of drug-likeness (QED) is 0.868. The van der Waals surface area contributed by atoms with Crippen molar-refractivity contribution < 1.29 is 9.18 Å². The van der Waals surface area contributed by atoms with Crippen LogP contribution in [0.4, 0.5) is 4.39 Å². The highest BCUT2D eigenvalue weighted by molar-refractivity contribution is 7.99.